The SMILES string of the molecule is C[C@H](CC(=O)[C@H]1[C@@H](C)C=CCC1(C)C)[NH2+]Cc1ccccc1. The van der Waals surface area contributed by atoms with E-state index in [1.54, 1.807) is 0 Å². The largest absolute Gasteiger partial charge is 0.340 e. The Bertz CT molecular complexity index is 518. The molecule has 2 heteroatoms. The first-order valence-corrected chi connectivity index (χ1v) is 8.47. The molecular weight excluding hydrogens is 270 g/mol. The number of carbonyl (C=O) groups is 1. The summed E-state index contributed by atoms with van der Waals surface area (Å²) in [4.78, 5) is 12.8. The van der Waals surface area contributed by atoms with Gasteiger partial charge >= 0.3 is 0 Å². The Morgan fingerprint density at radius 1 is 1.32 bits per heavy atom. The van der Waals surface area contributed by atoms with Crippen LogP contribution in [0.1, 0.15) is 46.1 Å². The summed E-state index contributed by atoms with van der Waals surface area (Å²) in [5.41, 5.74) is 1.40. The van der Waals surface area contributed by atoms with Crippen LogP contribution in [0.15, 0.2) is 42.5 Å². The van der Waals surface area contributed by atoms with Gasteiger partial charge in [0.25, 0.3) is 0 Å². The Kier molecular flexibility index (Phi) is 5.57. The normalized spacial score (nSPS) is 24.9. The Morgan fingerprint density at radius 3 is 2.64 bits per heavy atom. The molecule has 3 atom stereocenters. The summed E-state index contributed by atoms with van der Waals surface area (Å²) in [7, 11) is 0. The van der Waals surface area contributed by atoms with Gasteiger partial charge in [-0.05, 0) is 24.7 Å². The summed E-state index contributed by atoms with van der Waals surface area (Å²) in [5, 5.41) is 2.28. The van der Waals surface area contributed by atoms with Crippen LogP contribution in [-0.2, 0) is 11.3 Å². The average Bonchev–Trinajstić information content (AvgIpc) is 2.45. The van der Waals surface area contributed by atoms with Crippen molar-refractivity contribution in [2.75, 3.05) is 0 Å². The van der Waals surface area contributed by atoms with Gasteiger partial charge in [0.15, 0.2) is 0 Å². The predicted octanol–water partition coefficient (Wildman–Crippen LogP) is 3.34. The molecule has 1 aromatic rings. The van der Waals surface area contributed by atoms with Crippen LogP contribution in [0.5, 0.6) is 0 Å². The molecule has 2 rings (SSSR count). The number of hydrogen-bond donors (Lipinski definition) is 1. The lowest BCUT2D eigenvalue weighted by Gasteiger charge is -2.39. The van der Waals surface area contributed by atoms with Crippen LogP contribution >= 0.6 is 0 Å². The summed E-state index contributed by atoms with van der Waals surface area (Å²) in [6.45, 7) is 9.75. The number of rotatable bonds is 6. The number of allylic oxidation sites excluding steroid dienone is 2. The molecule has 120 valence electrons. The van der Waals surface area contributed by atoms with Crippen molar-refractivity contribution >= 4 is 5.78 Å². The lowest BCUT2D eigenvalue weighted by atomic mass is 9.65. The van der Waals surface area contributed by atoms with Crippen molar-refractivity contribution in [2.24, 2.45) is 17.3 Å². The maximum absolute atomic E-state index is 12.8. The minimum atomic E-state index is 0.0877. The predicted molar refractivity (Wildman–Crippen MR) is 91.3 cm³/mol. The molecule has 0 spiro atoms. The Labute approximate surface area is 135 Å². The summed E-state index contributed by atoms with van der Waals surface area (Å²) in [5.74, 6) is 0.946. The third-order valence-corrected chi connectivity index (χ3v) is 4.92. The summed E-state index contributed by atoms with van der Waals surface area (Å²) < 4.78 is 0. The van der Waals surface area contributed by atoms with E-state index >= 15 is 0 Å². The number of quaternary nitrogens is 1. The van der Waals surface area contributed by atoms with E-state index < -0.39 is 0 Å². The molecule has 1 aromatic carbocycles. The van der Waals surface area contributed by atoms with Crippen LogP contribution in [-0.4, -0.2) is 11.8 Å². The number of hydrogen-bond acceptors (Lipinski definition) is 1. The zero-order valence-corrected chi connectivity index (χ0v) is 14.4. The fourth-order valence-electron chi connectivity index (χ4n) is 3.74. The minimum absolute atomic E-state index is 0.0877. The van der Waals surface area contributed by atoms with E-state index in [1.807, 2.05) is 6.07 Å². The first-order valence-electron chi connectivity index (χ1n) is 8.47. The van der Waals surface area contributed by atoms with Crippen molar-refractivity contribution in [3.05, 3.63) is 48.0 Å². The minimum Gasteiger partial charge on any atom is -0.340 e. The lowest BCUT2D eigenvalue weighted by Crippen LogP contribution is -2.88. The highest BCUT2D eigenvalue weighted by Gasteiger charge is 2.39. The van der Waals surface area contributed by atoms with Crippen LogP contribution in [0.25, 0.3) is 0 Å². The summed E-state index contributed by atoms with van der Waals surface area (Å²) in [6.07, 6.45) is 6.13. The van der Waals surface area contributed by atoms with Gasteiger partial charge in [-0.2, -0.15) is 0 Å². The number of nitrogens with two attached hydrogens (primary N) is 1. The molecule has 0 aromatic heterocycles. The molecule has 0 saturated heterocycles. The molecule has 0 fully saturated rings. The lowest BCUT2D eigenvalue weighted by molar-refractivity contribution is -0.700. The van der Waals surface area contributed by atoms with Gasteiger partial charge < -0.3 is 5.32 Å². The molecule has 0 saturated carbocycles. The molecule has 22 heavy (non-hydrogen) atoms. The van der Waals surface area contributed by atoms with Crippen molar-refractivity contribution < 1.29 is 10.1 Å². The molecule has 1 aliphatic rings. The zero-order chi connectivity index (χ0) is 16.2. The van der Waals surface area contributed by atoms with Crippen LogP contribution in [0.3, 0.4) is 0 Å². The van der Waals surface area contributed by atoms with Gasteiger partial charge in [-0.3, -0.25) is 4.79 Å². The van der Waals surface area contributed by atoms with Crippen LogP contribution < -0.4 is 5.32 Å². The van der Waals surface area contributed by atoms with Gasteiger partial charge in [0.2, 0.25) is 0 Å². The van der Waals surface area contributed by atoms with Crippen LogP contribution in [0, 0.1) is 17.3 Å². The van der Waals surface area contributed by atoms with E-state index in [0.717, 1.165) is 13.0 Å². The van der Waals surface area contributed by atoms with Gasteiger partial charge in [-0.1, -0.05) is 63.3 Å². The van der Waals surface area contributed by atoms with E-state index in [1.165, 1.54) is 5.56 Å². The van der Waals surface area contributed by atoms with Crippen molar-refractivity contribution in [3.63, 3.8) is 0 Å². The topological polar surface area (TPSA) is 33.7 Å². The van der Waals surface area contributed by atoms with Crippen molar-refractivity contribution in [1.82, 2.24) is 0 Å². The fourth-order valence-corrected chi connectivity index (χ4v) is 3.74. The van der Waals surface area contributed by atoms with Crippen molar-refractivity contribution in [1.29, 1.82) is 0 Å². The van der Waals surface area contributed by atoms with Crippen LogP contribution in [0.4, 0.5) is 0 Å². The Balaban J connectivity index is 1.89. The quantitative estimate of drug-likeness (QED) is 0.803. The smallest absolute Gasteiger partial charge is 0.142 e. The van der Waals surface area contributed by atoms with Gasteiger partial charge in [0.1, 0.15) is 12.3 Å². The maximum Gasteiger partial charge on any atom is 0.142 e. The Morgan fingerprint density at radius 2 is 2.00 bits per heavy atom. The highest BCUT2D eigenvalue weighted by molar-refractivity contribution is 5.82. The van der Waals surface area contributed by atoms with E-state index in [-0.39, 0.29) is 11.3 Å². The van der Waals surface area contributed by atoms with Crippen molar-refractivity contribution in [3.8, 4) is 0 Å². The second kappa shape index (κ2) is 7.23. The zero-order valence-electron chi connectivity index (χ0n) is 14.4. The van der Waals surface area contributed by atoms with E-state index in [0.29, 0.717) is 24.2 Å². The summed E-state index contributed by atoms with van der Waals surface area (Å²) >= 11 is 0. The second-order valence-corrected chi connectivity index (χ2v) is 7.53. The molecule has 0 aliphatic heterocycles. The molecule has 0 bridgehead atoms. The highest BCUT2D eigenvalue weighted by atomic mass is 16.1. The van der Waals surface area contributed by atoms with Crippen molar-refractivity contribution in [2.45, 2.75) is 53.1 Å². The van der Waals surface area contributed by atoms with E-state index in [9.17, 15) is 4.79 Å². The number of carbonyl (C=O) groups excluding carboxylic acids is 1. The monoisotopic (exact) mass is 300 g/mol. The maximum atomic E-state index is 12.8. The molecule has 1 aliphatic carbocycles. The Hall–Kier alpha value is -1.41. The highest BCUT2D eigenvalue weighted by Crippen LogP contribution is 2.41. The molecule has 0 heterocycles. The van der Waals surface area contributed by atoms with Gasteiger partial charge in [0, 0.05) is 11.5 Å². The summed E-state index contributed by atoms with van der Waals surface area (Å²) in [6, 6.07) is 10.8. The number of Topliss-reactive ketones (excluding diaryl/α,β-unsaturated/α-hetero) is 1. The fraction of sp³-hybridized carbons (Fsp3) is 0.550. The number of benzene rings is 1. The molecule has 0 unspecified atom stereocenters. The van der Waals surface area contributed by atoms with E-state index in [4.69, 9.17) is 0 Å². The molecule has 0 amide bonds. The van der Waals surface area contributed by atoms with E-state index in [2.05, 4.69) is 69.4 Å². The first-order chi connectivity index (χ1) is 10.4. The number of ketones is 1. The van der Waals surface area contributed by atoms with Gasteiger partial charge in [0.05, 0.1) is 12.5 Å². The van der Waals surface area contributed by atoms with Gasteiger partial charge in [-0.15, -0.1) is 0 Å². The second-order valence-electron chi connectivity index (χ2n) is 7.53. The third kappa shape index (κ3) is 4.30. The average molecular weight is 300 g/mol. The molecule has 2 nitrogen and oxygen atoms in total. The molecule has 2 N–H and O–H groups in total. The van der Waals surface area contributed by atoms with Crippen LogP contribution in [0.2, 0.25) is 0 Å². The van der Waals surface area contributed by atoms with Gasteiger partial charge in [-0.25, -0.2) is 0 Å². The first kappa shape index (κ1) is 17.0. The molecule has 0 radical (unpaired) electrons. The molecular formula is C20H30NO+. The third-order valence-electron chi connectivity index (χ3n) is 4.92. The standard InChI is InChI=1S/C20H29NO/c1-15-9-8-12-20(3,4)19(15)18(22)13-16(2)21-14-17-10-6-5-7-11-17/h5-11,15-16,19,21H,12-14H2,1-4H3/p+1/t15-,16+,19+/m0/s1.